The van der Waals surface area contributed by atoms with Gasteiger partial charge in [-0.1, -0.05) is 35.5 Å². The first-order valence-electron chi connectivity index (χ1n) is 7.71. The van der Waals surface area contributed by atoms with Gasteiger partial charge in [-0.2, -0.15) is 0 Å². The molecule has 7 nitrogen and oxygen atoms in total. The first-order valence-corrected chi connectivity index (χ1v) is 9.07. The second-order valence-electron chi connectivity index (χ2n) is 5.55. The summed E-state index contributed by atoms with van der Waals surface area (Å²) < 4.78 is 14.0. The Morgan fingerprint density at radius 2 is 2.15 bits per heavy atom. The van der Waals surface area contributed by atoms with E-state index >= 15 is 0 Å². The molecular formula is C16H16ClFN6OS. The van der Waals surface area contributed by atoms with Gasteiger partial charge in [0.25, 0.3) is 0 Å². The Labute approximate surface area is 158 Å². The molecular weight excluding hydrogens is 379 g/mol. The monoisotopic (exact) mass is 394 g/mol. The number of halogens is 2. The number of fused-ring (bicyclic) bond motifs is 1. The zero-order valence-corrected chi connectivity index (χ0v) is 15.4. The molecule has 0 saturated heterocycles. The molecule has 0 spiro atoms. The number of nitrogens with two attached hydrogens (primary N) is 1. The van der Waals surface area contributed by atoms with E-state index in [1.165, 1.54) is 24.0 Å². The van der Waals surface area contributed by atoms with Gasteiger partial charge in [0.2, 0.25) is 0 Å². The van der Waals surface area contributed by atoms with Gasteiger partial charge in [-0.05, 0) is 18.6 Å². The van der Waals surface area contributed by atoms with E-state index in [0.717, 1.165) is 0 Å². The van der Waals surface area contributed by atoms with Crippen LogP contribution >= 0.6 is 23.4 Å². The summed E-state index contributed by atoms with van der Waals surface area (Å²) in [6, 6.07) is 4.59. The van der Waals surface area contributed by atoms with Gasteiger partial charge in [0.05, 0.1) is 17.8 Å². The van der Waals surface area contributed by atoms with Gasteiger partial charge in [-0.15, -0.1) is 0 Å². The van der Waals surface area contributed by atoms with Crippen molar-refractivity contribution in [2.24, 2.45) is 0 Å². The van der Waals surface area contributed by atoms with Gasteiger partial charge in [-0.3, -0.25) is 0 Å². The van der Waals surface area contributed by atoms with Crippen LogP contribution < -0.4 is 11.1 Å². The minimum absolute atomic E-state index is 0.0697. The van der Waals surface area contributed by atoms with Crippen LogP contribution in [0.25, 0.3) is 11.2 Å². The number of hydrogen-bond donors (Lipinski definition) is 3. The van der Waals surface area contributed by atoms with E-state index < -0.39 is 5.82 Å². The number of aliphatic hydroxyl groups is 1. The predicted octanol–water partition coefficient (Wildman–Crippen LogP) is 2.88. The largest absolute Gasteiger partial charge is 0.394 e. The van der Waals surface area contributed by atoms with E-state index in [2.05, 4.69) is 25.3 Å². The van der Waals surface area contributed by atoms with Gasteiger partial charge in [-0.25, -0.2) is 24.3 Å². The van der Waals surface area contributed by atoms with Crippen molar-refractivity contribution in [2.45, 2.75) is 23.9 Å². The third kappa shape index (κ3) is 4.12. The lowest BCUT2D eigenvalue weighted by Crippen LogP contribution is -2.21. The lowest BCUT2D eigenvalue weighted by Gasteiger charge is -2.13. The molecule has 0 bridgehead atoms. The van der Waals surface area contributed by atoms with Crippen molar-refractivity contribution >= 4 is 46.2 Å². The summed E-state index contributed by atoms with van der Waals surface area (Å²) >= 11 is 7.04. The summed E-state index contributed by atoms with van der Waals surface area (Å²) in [5.41, 5.74) is 6.90. The zero-order chi connectivity index (χ0) is 18.7. The first kappa shape index (κ1) is 18.6. The molecule has 3 aromatic rings. The second kappa shape index (κ2) is 7.98. The fourth-order valence-corrected chi connectivity index (χ4v) is 3.16. The van der Waals surface area contributed by atoms with Crippen LogP contribution in [-0.4, -0.2) is 37.7 Å². The van der Waals surface area contributed by atoms with Crippen molar-refractivity contribution in [2.75, 3.05) is 17.7 Å². The lowest BCUT2D eigenvalue weighted by molar-refractivity contribution is 0.281. The highest BCUT2D eigenvalue weighted by Crippen LogP contribution is 2.27. The fourth-order valence-electron chi connectivity index (χ4n) is 2.15. The molecule has 4 N–H and O–H groups in total. The molecule has 26 heavy (non-hydrogen) atoms. The van der Waals surface area contributed by atoms with Crippen LogP contribution in [0.15, 0.2) is 29.6 Å². The second-order valence-corrected chi connectivity index (χ2v) is 6.90. The summed E-state index contributed by atoms with van der Waals surface area (Å²) in [7, 11) is 0. The number of nitrogens with one attached hydrogen (secondary N) is 1. The number of nitrogen functional groups attached to an aromatic ring is 1. The Balaban J connectivity index is 1.93. The SMILES string of the molecule is C[C@H](CO)Nc1nc(SCc2cccc(Cl)c2F)nc2nc(N)cnc12. The minimum Gasteiger partial charge on any atom is -0.394 e. The zero-order valence-electron chi connectivity index (χ0n) is 13.8. The third-order valence-corrected chi connectivity index (χ3v) is 4.64. The van der Waals surface area contributed by atoms with E-state index in [-0.39, 0.29) is 23.5 Å². The van der Waals surface area contributed by atoms with E-state index in [4.69, 9.17) is 17.3 Å². The van der Waals surface area contributed by atoms with Crippen molar-refractivity contribution < 1.29 is 9.50 Å². The highest BCUT2D eigenvalue weighted by molar-refractivity contribution is 7.98. The number of rotatable bonds is 6. The van der Waals surface area contributed by atoms with Crippen LogP contribution in [0.3, 0.4) is 0 Å². The average Bonchev–Trinajstić information content (AvgIpc) is 2.62. The van der Waals surface area contributed by atoms with Crippen LogP contribution in [0.4, 0.5) is 16.0 Å². The number of benzene rings is 1. The number of aliphatic hydroxyl groups excluding tert-OH is 1. The molecule has 3 rings (SSSR count). The molecule has 0 fully saturated rings. The molecule has 2 aromatic heterocycles. The van der Waals surface area contributed by atoms with E-state index in [9.17, 15) is 9.50 Å². The lowest BCUT2D eigenvalue weighted by atomic mass is 10.2. The molecule has 1 aromatic carbocycles. The Kier molecular flexibility index (Phi) is 5.70. The molecule has 2 heterocycles. The Morgan fingerprint density at radius 1 is 1.35 bits per heavy atom. The van der Waals surface area contributed by atoms with Crippen molar-refractivity contribution in [1.29, 1.82) is 0 Å². The highest BCUT2D eigenvalue weighted by Gasteiger charge is 2.14. The summed E-state index contributed by atoms with van der Waals surface area (Å²) in [6.07, 6.45) is 1.41. The molecule has 0 radical (unpaired) electrons. The van der Waals surface area contributed by atoms with E-state index in [0.29, 0.717) is 33.5 Å². The highest BCUT2D eigenvalue weighted by atomic mass is 35.5. The number of nitrogens with zero attached hydrogens (tertiary/aromatic N) is 4. The molecule has 10 heteroatoms. The van der Waals surface area contributed by atoms with Gasteiger partial charge in [0, 0.05) is 11.8 Å². The average molecular weight is 395 g/mol. The maximum atomic E-state index is 14.0. The molecule has 0 amide bonds. The Morgan fingerprint density at radius 3 is 2.92 bits per heavy atom. The molecule has 0 aliphatic carbocycles. The van der Waals surface area contributed by atoms with Gasteiger partial charge >= 0.3 is 0 Å². The molecule has 1 atom stereocenters. The quantitative estimate of drug-likeness (QED) is 0.432. The minimum atomic E-state index is -0.459. The number of aromatic nitrogens is 4. The smallest absolute Gasteiger partial charge is 0.192 e. The van der Waals surface area contributed by atoms with Crippen molar-refractivity contribution in [3.05, 3.63) is 40.8 Å². The summed E-state index contributed by atoms with van der Waals surface area (Å²) in [4.78, 5) is 17.1. The van der Waals surface area contributed by atoms with Gasteiger partial charge < -0.3 is 16.2 Å². The van der Waals surface area contributed by atoms with Crippen molar-refractivity contribution in [3.63, 3.8) is 0 Å². The third-order valence-electron chi connectivity index (χ3n) is 3.45. The Hall–Kier alpha value is -2.23. The standard InChI is InChI=1S/C16H16ClFN6OS/c1-8(6-25)21-14-13-15(22-11(19)5-20-13)24-16(23-14)26-7-9-3-2-4-10(17)12(9)18/h2-5,8,25H,6-7H2,1H3,(H3,19,21,22,23,24)/t8-/m1/s1. The van der Waals surface area contributed by atoms with E-state index in [1.54, 1.807) is 19.1 Å². The summed E-state index contributed by atoms with van der Waals surface area (Å²) in [5.74, 6) is 0.494. The number of thioether (sulfide) groups is 1. The maximum Gasteiger partial charge on any atom is 0.192 e. The van der Waals surface area contributed by atoms with Crippen LogP contribution in [0.1, 0.15) is 12.5 Å². The molecule has 0 aliphatic rings. The normalized spacial score (nSPS) is 12.3. The summed E-state index contributed by atoms with van der Waals surface area (Å²) in [5, 5.41) is 12.8. The fraction of sp³-hybridized carbons (Fsp3) is 0.250. The summed E-state index contributed by atoms with van der Waals surface area (Å²) in [6.45, 7) is 1.72. The van der Waals surface area contributed by atoms with Gasteiger partial charge in [0.1, 0.15) is 11.6 Å². The predicted molar refractivity (Wildman–Crippen MR) is 101 cm³/mol. The van der Waals surface area contributed by atoms with Crippen LogP contribution in [-0.2, 0) is 5.75 Å². The van der Waals surface area contributed by atoms with Crippen LogP contribution in [0.5, 0.6) is 0 Å². The number of hydrogen-bond acceptors (Lipinski definition) is 8. The topological polar surface area (TPSA) is 110 Å². The van der Waals surface area contributed by atoms with Crippen molar-refractivity contribution in [1.82, 2.24) is 19.9 Å². The Bertz CT molecular complexity index is 944. The molecule has 0 unspecified atom stereocenters. The van der Waals surface area contributed by atoms with Crippen LogP contribution in [0, 0.1) is 5.82 Å². The molecule has 0 aliphatic heterocycles. The van der Waals surface area contributed by atoms with Crippen molar-refractivity contribution in [3.8, 4) is 0 Å². The van der Waals surface area contributed by atoms with Gasteiger partial charge in [0.15, 0.2) is 22.1 Å². The maximum absolute atomic E-state index is 14.0. The molecule has 136 valence electrons. The van der Waals surface area contributed by atoms with Crippen LogP contribution in [0.2, 0.25) is 5.02 Å². The first-order chi connectivity index (χ1) is 12.5. The number of anilines is 2. The van der Waals surface area contributed by atoms with E-state index in [1.807, 2.05) is 0 Å². The molecule has 0 saturated carbocycles.